The normalized spacial score (nSPS) is 14.9. The van der Waals surface area contributed by atoms with Crippen LogP contribution in [0.2, 0.25) is 0 Å². The van der Waals surface area contributed by atoms with Crippen molar-refractivity contribution in [2.75, 3.05) is 9.80 Å². The minimum absolute atomic E-state index is 0.0424. The SMILES string of the molecule is CC(C)(C)c1ccc(N(c2ccccc2)c2ccc3c(c2)C(C)(c2ccccc2)c2cc4cc5c(cc4cc2-3)c2cc(C(C)(C)C)cc3c4ccc(N(c6ccccc6)c6ccc(C(C)(C)C)cc6)cc4n5c32)cc1. The zero-order valence-corrected chi connectivity index (χ0v) is 45.0. The zero-order chi connectivity index (χ0) is 51.8. The van der Waals surface area contributed by atoms with Gasteiger partial charge in [-0.3, -0.25) is 0 Å². The number of benzene rings is 10. The van der Waals surface area contributed by atoms with E-state index in [1.807, 2.05) is 0 Å². The Morgan fingerprint density at radius 3 is 1.32 bits per heavy atom. The molecule has 2 aromatic heterocycles. The maximum atomic E-state index is 2.58. The van der Waals surface area contributed by atoms with Crippen LogP contribution in [0.4, 0.5) is 34.1 Å². The average Bonchev–Trinajstić information content (AvgIpc) is 4.05. The summed E-state index contributed by atoms with van der Waals surface area (Å²) in [5.74, 6) is 0. The van der Waals surface area contributed by atoms with Crippen LogP contribution in [0.3, 0.4) is 0 Å². The van der Waals surface area contributed by atoms with Crippen LogP contribution in [0, 0.1) is 0 Å². The molecule has 10 aromatic carbocycles. The average molecular weight is 972 g/mol. The van der Waals surface area contributed by atoms with E-state index in [0.29, 0.717) is 0 Å². The standard InChI is InChI=1S/C72H65N3/c1-69(2,3)48-26-30-54(31-27-48)73(52-22-16-12-17-23-52)56-34-36-58-60-38-46-39-61-63-43-51(71(7,8)9)42-62-59-37-35-57(74(53-24-18-13-19-25-53)55-32-28-49(29-33-55)70(4,5)6)45-67(59)75(68(62)63)66(61)41-47(46)40-64(60)72(10,65(58)44-56)50-20-14-11-15-21-50/h11-45H,1-10H3. The molecule has 0 saturated heterocycles. The quantitative estimate of drug-likeness (QED) is 0.158. The Balaban J connectivity index is 1.03. The van der Waals surface area contributed by atoms with Gasteiger partial charge in [0.25, 0.3) is 0 Å². The molecule has 0 amide bonds. The van der Waals surface area contributed by atoms with Crippen molar-refractivity contribution in [2.24, 2.45) is 0 Å². The first-order valence-corrected chi connectivity index (χ1v) is 26.8. The van der Waals surface area contributed by atoms with Crippen molar-refractivity contribution < 1.29 is 0 Å². The molecule has 2 heterocycles. The molecule has 1 aliphatic rings. The number of hydrogen-bond donors (Lipinski definition) is 0. The molecule has 0 saturated carbocycles. The molecule has 12 aromatic rings. The molecule has 3 heteroatoms. The Hall–Kier alpha value is -8.14. The summed E-state index contributed by atoms with van der Waals surface area (Å²) in [6, 6.07) is 80.4. The van der Waals surface area contributed by atoms with E-state index in [-0.39, 0.29) is 16.2 Å². The second kappa shape index (κ2) is 16.7. The van der Waals surface area contributed by atoms with Gasteiger partial charge < -0.3 is 14.2 Å². The number of nitrogens with zero attached hydrogens (tertiary/aromatic N) is 3. The van der Waals surface area contributed by atoms with Gasteiger partial charge >= 0.3 is 0 Å². The monoisotopic (exact) mass is 972 g/mol. The van der Waals surface area contributed by atoms with Gasteiger partial charge in [0.1, 0.15) is 0 Å². The molecule has 0 bridgehead atoms. The van der Waals surface area contributed by atoms with Gasteiger partial charge in [-0.15, -0.1) is 0 Å². The van der Waals surface area contributed by atoms with Gasteiger partial charge in [0.2, 0.25) is 0 Å². The number of hydrogen-bond acceptors (Lipinski definition) is 2. The van der Waals surface area contributed by atoms with Crippen molar-refractivity contribution in [1.29, 1.82) is 0 Å². The van der Waals surface area contributed by atoms with Crippen LogP contribution in [0.15, 0.2) is 212 Å². The molecule has 1 unspecified atom stereocenters. The van der Waals surface area contributed by atoms with Crippen LogP contribution in [-0.2, 0) is 21.7 Å². The highest BCUT2D eigenvalue weighted by Gasteiger charge is 2.42. The zero-order valence-electron chi connectivity index (χ0n) is 45.0. The predicted molar refractivity (Wildman–Crippen MR) is 322 cm³/mol. The molecule has 0 aliphatic heterocycles. The van der Waals surface area contributed by atoms with E-state index in [9.17, 15) is 0 Å². The summed E-state index contributed by atoms with van der Waals surface area (Å²) in [6.07, 6.45) is 0. The Bertz CT molecular complexity index is 4150. The van der Waals surface area contributed by atoms with Crippen molar-refractivity contribution in [1.82, 2.24) is 4.40 Å². The second-order valence-electron chi connectivity index (χ2n) is 24.5. The van der Waals surface area contributed by atoms with Gasteiger partial charge in [0.05, 0.1) is 16.6 Å². The number of rotatable bonds is 7. The third kappa shape index (κ3) is 7.45. The van der Waals surface area contributed by atoms with Crippen molar-refractivity contribution in [2.45, 2.75) is 90.9 Å². The van der Waals surface area contributed by atoms with Gasteiger partial charge in [-0.1, -0.05) is 165 Å². The smallest absolute Gasteiger partial charge is 0.0620 e. The number of fused-ring (bicyclic) bond motifs is 10. The van der Waals surface area contributed by atoms with E-state index in [1.54, 1.807) is 0 Å². The fraction of sp³-hybridized carbons (Fsp3) is 0.194. The van der Waals surface area contributed by atoms with E-state index in [4.69, 9.17) is 0 Å². The Morgan fingerprint density at radius 2 is 0.773 bits per heavy atom. The van der Waals surface area contributed by atoms with Gasteiger partial charge in [-0.25, -0.2) is 0 Å². The number of anilines is 6. The molecule has 0 spiro atoms. The molecule has 0 N–H and O–H groups in total. The lowest BCUT2D eigenvalue weighted by atomic mass is 9.74. The maximum Gasteiger partial charge on any atom is 0.0620 e. The predicted octanol–water partition coefficient (Wildman–Crippen LogP) is 20.2. The lowest BCUT2D eigenvalue weighted by molar-refractivity contribution is 0.590. The van der Waals surface area contributed by atoms with Crippen LogP contribution in [0.5, 0.6) is 0 Å². The molecule has 368 valence electrons. The molecular formula is C72H65N3. The van der Waals surface area contributed by atoms with Crippen molar-refractivity contribution in [3.05, 3.63) is 246 Å². The Labute approximate surface area is 442 Å². The molecule has 0 radical (unpaired) electrons. The summed E-state index contributed by atoms with van der Waals surface area (Å²) in [5, 5.41) is 7.67. The first-order chi connectivity index (χ1) is 35.9. The van der Waals surface area contributed by atoms with E-state index < -0.39 is 5.41 Å². The summed E-state index contributed by atoms with van der Waals surface area (Å²) in [7, 11) is 0. The summed E-state index contributed by atoms with van der Waals surface area (Å²) < 4.78 is 2.58. The summed E-state index contributed by atoms with van der Waals surface area (Å²) in [5.41, 5.74) is 20.7. The fourth-order valence-electron chi connectivity index (χ4n) is 12.4. The van der Waals surface area contributed by atoms with Crippen molar-refractivity contribution >= 4 is 83.0 Å². The van der Waals surface area contributed by atoms with Crippen LogP contribution < -0.4 is 9.80 Å². The van der Waals surface area contributed by atoms with E-state index in [0.717, 1.165) is 34.1 Å². The first-order valence-electron chi connectivity index (χ1n) is 26.8. The molecular weight excluding hydrogens is 907 g/mol. The molecule has 13 rings (SSSR count). The van der Waals surface area contributed by atoms with Crippen molar-refractivity contribution in [3.8, 4) is 11.1 Å². The summed E-state index contributed by atoms with van der Waals surface area (Å²) in [6.45, 7) is 23.2. The second-order valence-corrected chi connectivity index (χ2v) is 24.5. The molecule has 1 atom stereocenters. The first kappa shape index (κ1) is 46.6. The largest absolute Gasteiger partial charge is 0.310 e. The van der Waals surface area contributed by atoms with Gasteiger partial charge in [0.15, 0.2) is 0 Å². The van der Waals surface area contributed by atoms with Crippen LogP contribution in [0.25, 0.3) is 60.0 Å². The van der Waals surface area contributed by atoms with Crippen LogP contribution >= 0.6 is 0 Å². The topological polar surface area (TPSA) is 10.9 Å². The lowest BCUT2D eigenvalue weighted by Crippen LogP contribution is -2.23. The Kier molecular flexibility index (Phi) is 10.4. The highest BCUT2D eigenvalue weighted by Crippen LogP contribution is 2.56. The van der Waals surface area contributed by atoms with Gasteiger partial charge in [0, 0.05) is 61.1 Å². The number of para-hydroxylation sites is 2. The highest BCUT2D eigenvalue weighted by atomic mass is 15.1. The van der Waals surface area contributed by atoms with Crippen LogP contribution in [0.1, 0.15) is 103 Å². The van der Waals surface area contributed by atoms with E-state index >= 15 is 0 Å². The third-order valence-corrected chi connectivity index (χ3v) is 16.6. The summed E-state index contributed by atoms with van der Waals surface area (Å²) >= 11 is 0. The van der Waals surface area contributed by atoms with E-state index in [1.165, 1.54) is 93.4 Å². The third-order valence-electron chi connectivity index (χ3n) is 16.6. The minimum atomic E-state index is -0.424. The van der Waals surface area contributed by atoms with Crippen molar-refractivity contribution in [3.63, 3.8) is 0 Å². The molecule has 0 fully saturated rings. The van der Waals surface area contributed by atoms with Gasteiger partial charge in [-0.05, 0) is 188 Å². The maximum absolute atomic E-state index is 2.58. The van der Waals surface area contributed by atoms with E-state index in [2.05, 4.69) is 296 Å². The minimum Gasteiger partial charge on any atom is -0.310 e. The lowest BCUT2D eigenvalue weighted by Gasteiger charge is -2.31. The highest BCUT2D eigenvalue weighted by molar-refractivity contribution is 6.25. The fourth-order valence-corrected chi connectivity index (χ4v) is 12.4. The summed E-state index contributed by atoms with van der Waals surface area (Å²) in [4.78, 5) is 4.83. The van der Waals surface area contributed by atoms with Crippen LogP contribution in [-0.4, -0.2) is 4.40 Å². The van der Waals surface area contributed by atoms with Gasteiger partial charge in [-0.2, -0.15) is 0 Å². The molecule has 3 nitrogen and oxygen atoms in total. The number of aromatic nitrogens is 1. The Morgan fingerprint density at radius 1 is 0.333 bits per heavy atom. The molecule has 75 heavy (non-hydrogen) atoms. The molecule has 1 aliphatic carbocycles.